The molecule has 1 heterocycles. The predicted molar refractivity (Wildman–Crippen MR) is 105 cm³/mol. The van der Waals surface area contributed by atoms with Gasteiger partial charge in [0.15, 0.2) is 6.61 Å². The molecule has 0 aliphatic carbocycles. The maximum absolute atomic E-state index is 12.1. The minimum Gasteiger partial charge on any atom is -0.496 e. The molecule has 0 bridgehead atoms. The molecule has 146 valence electrons. The molecule has 3 rings (SSSR count). The Kier molecular flexibility index (Phi) is 5.93. The van der Waals surface area contributed by atoms with Gasteiger partial charge in [-0.3, -0.25) is 9.59 Å². The zero-order valence-corrected chi connectivity index (χ0v) is 15.9. The molecule has 0 radical (unpaired) electrons. The molecule has 28 heavy (non-hydrogen) atoms. The molecule has 0 aromatic heterocycles. The van der Waals surface area contributed by atoms with Gasteiger partial charge in [-0.2, -0.15) is 0 Å². The molecule has 0 unspecified atom stereocenters. The molecular formula is C21H22N2O5. The minimum atomic E-state index is -0.607. The molecule has 0 spiro atoms. The highest BCUT2D eigenvalue weighted by atomic mass is 16.5. The van der Waals surface area contributed by atoms with E-state index >= 15 is 0 Å². The van der Waals surface area contributed by atoms with Crippen LogP contribution >= 0.6 is 0 Å². The second-order valence-electron chi connectivity index (χ2n) is 6.51. The summed E-state index contributed by atoms with van der Waals surface area (Å²) >= 11 is 0. The molecule has 0 atom stereocenters. The van der Waals surface area contributed by atoms with Crippen LogP contribution in [0.5, 0.6) is 5.75 Å². The van der Waals surface area contributed by atoms with Crippen molar-refractivity contribution in [1.82, 2.24) is 0 Å². The van der Waals surface area contributed by atoms with E-state index in [4.69, 9.17) is 9.47 Å². The number of hydrogen-bond acceptors (Lipinski definition) is 5. The molecule has 2 aromatic carbocycles. The number of benzene rings is 2. The zero-order valence-electron chi connectivity index (χ0n) is 15.9. The van der Waals surface area contributed by atoms with Crippen molar-refractivity contribution >= 4 is 29.2 Å². The lowest BCUT2D eigenvalue weighted by atomic mass is 10.1. The SMILES string of the molecule is COc1cc(C(=O)OCC(=O)Nc2cccc(N3CCCC3=O)c2)ccc1C. The third-order valence-corrected chi connectivity index (χ3v) is 4.49. The number of carbonyl (C=O) groups excluding carboxylic acids is 3. The summed E-state index contributed by atoms with van der Waals surface area (Å²) in [6.07, 6.45) is 1.37. The van der Waals surface area contributed by atoms with E-state index in [1.54, 1.807) is 41.3 Å². The van der Waals surface area contributed by atoms with E-state index in [-0.39, 0.29) is 5.91 Å². The quantitative estimate of drug-likeness (QED) is 0.777. The number of esters is 1. The van der Waals surface area contributed by atoms with Crippen LogP contribution in [0.3, 0.4) is 0 Å². The van der Waals surface area contributed by atoms with E-state index in [1.165, 1.54) is 7.11 Å². The molecule has 1 saturated heterocycles. The lowest BCUT2D eigenvalue weighted by Crippen LogP contribution is -2.24. The van der Waals surface area contributed by atoms with Crippen molar-refractivity contribution in [3.63, 3.8) is 0 Å². The third-order valence-electron chi connectivity index (χ3n) is 4.49. The van der Waals surface area contributed by atoms with Crippen LogP contribution in [0.15, 0.2) is 42.5 Å². The van der Waals surface area contributed by atoms with E-state index in [1.807, 2.05) is 13.0 Å². The van der Waals surface area contributed by atoms with Crippen LogP contribution in [-0.2, 0) is 14.3 Å². The number of methoxy groups -OCH3 is 1. The average Bonchev–Trinajstić information content (AvgIpc) is 3.12. The monoisotopic (exact) mass is 382 g/mol. The molecule has 2 aromatic rings. The Morgan fingerprint density at radius 1 is 1.18 bits per heavy atom. The summed E-state index contributed by atoms with van der Waals surface area (Å²) in [7, 11) is 1.52. The summed E-state index contributed by atoms with van der Waals surface area (Å²) < 4.78 is 10.3. The number of aryl methyl sites for hydroxylation is 1. The first-order valence-electron chi connectivity index (χ1n) is 9.00. The summed E-state index contributed by atoms with van der Waals surface area (Å²) in [5.74, 6) is -0.416. The summed E-state index contributed by atoms with van der Waals surface area (Å²) in [6, 6.07) is 12.0. The molecule has 1 N–H and O–H groups in total. The molecule has 1 aliphatic rings. The Bertz CT molecular complexity index is 909. The minimum absolute atomic E-state index is 0.0749. The van der Waals surface area contributed by atoms with E-state index in [0.29, 0.717) is 30.0 Å². The van der Waals surface area contributed by atoms with Crippen molar-refractivity contribution in [3.8, 4) is 5.75 Å². The molecule has 1 fully saturated rings. The van der Waals surface area contributed by atoms with Gasteiger partial charge in [0.2, 0.25) is 5.91 Å². The predicted octanol–water partition coefficient (Wildman–Crippen LogP) is 2.93. The zero-order chi connectivity index (χ0) is 20.1. The Morgan fingerprint density at radius 3 is 2.71 bits per heavy atom. The highest BCUT2D eigenvalue weighted by Gasteiger charge is 2.22. The van der Waals surface area contributed by atoms with Gasteiger partial charge in [0.1, 0.15) is 5.75 Å². The largest absolute Gasteiger partial charge is 0.496 e. The molecular weight excluding hydrogens is 360 g/mol. The number of nitrogens with zero attached hydrogens (tertiary/aromatic N) is 1. The van der Waals surface area contributed by atoms with Crippen molar-refractivity contribution < 1.29 is 23.9 Å². The molecule has 0 saturated carbocycles. The Morgan fingerprint density at radius 2 is 2.00 bits per heavy atom. The number of hydrogen-bond donors (Lipinski definition) is 1. The topological polar surface area (TPSA) is 84.9 Å². The fourth-order valence-electron chi connectivity index (χ4n) is 3.03. The Labute approximate surface area is 163 Å². The van der Waals surface area contributed by atoms with E-state index in [2.05, 4.69) is 5.32 Å². The van der Waals surface area contributed by atoms with E-state index in [9.17, 15) is 14.4 Å². The number of ether oxygens (including phenoxy) is 2. The van der Waals surface area contributed by atoms with Crippen molar-refractivity contribution in [3.05, 3.63) is 53.6 Å². The van der Waals surface area contributed by atoms with Gasteiger partial charge in [-0.1, -0.05) is 12.1 Å². The van der Waals surface area contributed by atoms with Crippen LogP contribution in [0, 0.1) is 6.92 Å². The van der Waals surface area contributed by atoms with Crippen molar-refractivity contribution in [2.75, 3.05) is 30.5 Å². The molecule has 1 aliphatic heterocycles. The van der Waals surface area contributed by atoms with Crippen LogP contribution in [-0.4, -0.2) is 38.0 Å². The fourth-order valence-corrected chi connectivity index (χ4v) is 3.03. The van der Waals surface area contributed by atoms with Crippen LogP contribution in [0.4, 0.5) is 11.4 Å². The second-order valence-corrected chi connectivity index (χ2v) is 6.51. The summed E-state index contributed by atoms with van der Waals surface area (Å²) in [5.41, 5.74) is 2.48. The molecule has 7 heteroatoms. The smallest absolute Gasteiger partial charge is 0.338 e. The summed E-state index contributed by atoms with van der Waals surface area (Å²) in [4.78, 5) is 37.8. The number of amides is 2. The van der Waals surface area contributed by atoms with Gasteiger partial charge in [0, 0.05) is 24.3 Å². The first kappa shape index (κ1) is 19.4. The van der Waals surface area contributed by atoms with Gasteiger partial charge in [0.05, 0.1) is 12.7 Å². The summed E-state index contributed by atoms with van der Waals surface area (Å²) in [5, 5.41) is 2.68. The van der Waals surface area contributed by atoms with Crippen LogP contribution in [0.2, 0.25) is 0 Å². The normalized spacial score (nSPS) is 13.4. The van der Waals surface area contributed by atoms with E-state index in [0.717, 1.165) is 17.7 Å². The van der Waals surface area contributed by atoms with Crippen LogP contribution in [0.25, 0.3) is 0 Å². The van der Waals surface area contributed by atoms with Crippen molar-refractivity contribution in [2.24, 2.45) is 0 Å². The molecule has 2 amide bonds. The first-order chi connectivity index (χ1) is 13.5. The number of nitrogens with one attached hydrogen (secondary N) is 1. The first-order valence-corrected chi connectivity index (χ1v) is 9.00. The maximum atomic E-state index is 12.1. The highest BCUT2D eigenvalue weighted by Crippen LogP contribution is 2.24. The van der Waals surface area contributed by atoms with Gasteiger partial charge < -0.3 is 19.7 Å². The lowest BCUT2D eigenvalue weighted by Gasteiger charge is -2.16. The van der Waals surface area contributed by atoms with Crippen molar-refractivity contribution in [2.45, 2.75) is 19.8 Å². The number of carbonyl (C=O) groups is 3. The van der Waals surface area contributed by atoms with Gasteiger partial charge in [0.25, 0.3) is 5.91 Å². The summed E-state index contributed by atoms with van der Waals surface area (Å²) in [6.45, 7) is 2.13. The fraction of sp³-hybridized carbons (Fsp3) is 0.286. The molecule has 7 nitrogen and oxygen atoms in total. The Hall–Kier alpha value is -3.35. The standard InChI is InChI=1S/C21H22N2O5/c1-14-8-9-15(11-18(14)27-2)21(26)28-13-19(24)22-16-5-3-6-17(12-16)23-10-4-7-20(23)25/h3,5-6,8-9,11-12H,4,7,10,13H2,1-2H3,(H,22,24). The number of rotatable bonds is 6. The van der Waals surface area contributed by atoms with Gasteiger partial charge in [-0.15, -0.1) is 0 Å². The third kappa shape index (κ3) is 4.49. The average molecular weight is 382 g/mol. The second kappa shape index (κ2) is 8.56. The highest BCUT2D eigenvalue weighted by molar-refractivity contribution is 5.98. The van der Waals surface area contributed by atoms with Crippen LogP contribution < -0.4 is 15.0 Å². The Balaban J connectivity index is 1.57. The van der Waals surface area contributed by atoms with Gasteiger partial charge in [-0.25, -0.2) is 4.79 Å². The van der Waals surface area contributed by atoms with Gasteiger partial charge >= 0.3 is 5.97 Å². The van der Waals surface area contributed by atoms with Crippen LogP contribution in [0.1, 0.15) is 28.8 Å². The lowest BCUT2D eigenvalue weighted by molar-refractivity contribution is -0.119. The van der Waals surface area contributed by atoms with Gasteiger partial charge in [-0.05, 0) is 49.2 Å². The van der Waals surface area contributed by atoms with E-state index < -0.39 is 18.5 Å². The van der Waals surface area contributed by atoms with Crippen molar-refractivity contribution in [1.29, 1.82) is 0 Å². The maximum Gasteiger partial charge on any atom is 0.338 e. The number of anilines is 2.